The number of ether oxygens (including phenoxy) is 2. The van der Waals surface area contributed by atoms with Crippen LogP contribution in [0.1, 0.15) is 56.7 Å². The molecule has 2 aromatic rings. The molecule has 2 aliphatic rings. The predicted molar refractivity (Wildman–Crippen MR) is 148 cm³/mol. The third-order valence-electron chi connectivity index (χ3n) is 6.34. The number of nitrogens with zero attached hydrogens (tertiary/aromatic N) is 1. The SMILES string of the molecule is Br.CC(C)(C)C(=O)Oc1ccc2c(c1)CCC(Br)=C2c1ccc(OC2CCN(CCCF)C2)cc1. The summed E-state index contributed by atoms with van der Waals surface area (Å²) < 4.78 is 25.4. The first-order valence-electron chi connectivity index (χ1n) is 12.0. The number of allylic oxidation sites excluding steroid dienone is 1. The van der Waals surface area contributed by atoms with Gasteiger partial charge < -0.3 is 9.47 Å². The van der Waals surface area contributed by atoms with Crippen LogP contribution in [0.3, 0.4) is 0 Å². The van der Waals surface area contributed by atoms with E-state index >= 15 is 0 Å². The molecular weight excluding hydrogens is 577 g/mol. The zero-order valence-electron chi connectivity index (χ0n) is 20.6. The lowest BCUT2D eigenvalue weighted by Crippen LogP contribution is -2.26. The number of esters is 1. The van der Waals surface area contributed by atoms with E-state index in [4.69, 9.17) is 9.47 Å². The molecule has 1 aliphatic carbocycles. The van der Waals surface area contributed by atoms with E-state index in [1.165, 1.54) is 15.6 Å². The maximum absolute atomic E-state index is 12.4. The third kappa shape index (κ3) is 6.95. The molecule has 35 heavy (non-hydrogen) atoms. The molecule has 1 heterocycles. The van der Waals surface area contributed by atoms with Crippen molar-refractivity contribution in [3.63, 3.8) is 0 Å². The molecule has 4 rings (SSSR count). The standard InChI is InChI=1S/C28H33BrFNO3.BrH/c1-28(2,3)27(32)34-22-10-11-24-20(17-22)7-12-25(29)26(24)19-5-8-21(9-6-19)33-23-13-16-31(18-23)15-4-14-30;/h5-6,8-11,17,23H,4,7,12-16,18H2,1-3H3;1H. The predicted octanol–water partition coefficient (Wildman–Crippen LogP) is 7.13. The molecule has 0 radical (unpaired) electrons. The van der Waals surface area contributed by atoms with Crippen molar-refractivity contribution in [3.05, 3.63) is 63.6 Å². The zero-order chi connectivity index (χ0) is 24.3. The van der Waals surface area contributed by atoms with Crippen LogP contribution >= 0.6 is 32.9 Å². The van der Waals surface area contributed by atoms with Crippen LogP contribution < -0.4 is 9.47 Å². The van der Waals surface area contributed by atoms with Crippen molar-refractivity contribution in [2.24, 2.45) is 5.41 Å². The summed E-state index contributed by atoms with van der Waals surface area (Å²) in [6, 6.07) is 14.2. The monoisotopic (exact) mass is 609 g/mol. The van der Waals surface area contributed by atoms with E-state index in [2.05, 4.69) is 33.0 Å². The summed E-state index contributed by atoms with van der Waals surface area (Å²) in [7, 11) is 0. The molecule has 0 spiro atoms. The second kappa shape index (κ2) is 12.0. The average Bonchev–Trinajstić information content (AvgIpc) is 3.25. The minimum atomic E-state index is -0.543. The zero-order valence-corrected chi connectivity index (χ0v) is 23.9. The molecule has 0 N–H and O–H groups in total. The summed E-state index contributed by atoms with van der Waals surface area (Å²) in [6.07, 6.45) is 3.50. The molecule has 0 saturated carbocycles. The van der Waals surface area contributed by atoms with Gasteiger partial charge in [-0.2, -0.15) is 0 Å². The molecule has 4 nitrogen and oxygen atoms in total. The van der Waals surface area contributed by atoms with Crippen molar-refractivity contribution < 1.29 is 18.7 Å². The minimum absolute atomic E-state index is 0. The molecule has 2 aromatic carbocycles. The molecular formula is C28H34Br2FNO3. The van der Waals surface area contributed by atoms with Gasteiger partial charge in [0.05, 0.1) is 12.1 Å². The van der Waals surface area contributed by atoms with E-state index in [-0.39, 0.29) is 35.7 Å². The number of aryl methyl sites for hydroxylation is 1. The second-order valence-electron chi connectivity index (χ2n) is 10.1. The van der Waals surface area contributed by atoms with Crippen molar-refractivity contribution in [2.45, 2.75) is 52.6 Å². The second-order valence-corrected chi connectivity index (χ2v) is 11.1. The number of benzene rings is 2. The lowest BCUT2D eigenvalue weighted by atomic mass is 9.86. The van der Waals surface area contributed by atoms with Gasteiger partial charge in [0.25, 0.3) is 0 Å². The molecule has 1 unspecified atom stereocenters. The van der Waals surface area contributed by atoms with Crippen LogP contribution in [0, 0.1) is 5.41 Å². The highest BCUT2D eigenvalue weighted by Crippen LogP contribution is 2.40. The number of likely N-dealkylation sites (tertiary alicyclic amines) is 1. The van der Waals surface area contributed by atoms with Gasteiger partial charge in [-0.25, -0.2) is 0 Å². The highest BCUT2D eigenvalue weighted by molar-refractivity contribution is 9.11. The van der Waals surface area contributed by atoms with Crippen LogP contribution in [0.15, 0.2) is 46.9 Å². The molecule has 1 saturated heterocycles. The molecule has 7 heteroatoms. The van der Waals surface area contributed by atoms with Gasteiger partial charge in [0.15, 0.2) is 0 Å². The van der Waals surface area contributed by atoms with E-state index in [1.54, 1.807) is 0 Å². The Kier molecular flexibility index (Phi) is 9.58. The highest BCUT2D eigenvalue weighted by Gasteiger charge is 2.26. The molecule has 0 bridgehead atoms. The first-order valence-corrected chi connectivity index (χ1v) is 12.8. The molecule has 0 aromatic heterocycles. The van der Waals surface area contributed by atoms with Gasteiger partial charge in [0.2, 0.25) is 0 Å². The Balaban J connectivity index is 0.00000342. The minimum Gasteiger partial charge on any atom is -0.489 e. The van der Waals surface area contributed by atoms with Crippen molar-refractivity contribution >= 4 is 44.5 Å². The first-order chi connectivity index (χ1) is 16.2. The van der Waals surface area contributed by atoms with Crippen molar-refractivity contribution in [3.8, 4) is 11.5 Å². The fourth-order valence-electron chi connectivity index (χ4n) is 4.44. The fourth-order valence-corrected chi connectivity index (χ4v) is 5.09. The van der Waals surface area contributed by atoms with E-state index in [0.717, 1.165) is 55.8 Å². The molecule has 0 amide bonds. The number of hydrogen-bond acceptors (Lipinski definition) is 4. The van der Waals surface area contributed by atoms with Crippen LogP contribution in [0.25, 0.3) is 5.57 Å². The summed E-state index contributed by atoms with van der Waals surface area (Å²) in [5.74, 6) is 1.22. The summed E-state index contributed by atoms with van der Waals surface area (Å²) in [5.41, 5.74) is 4.08. The summed E-state index contributed by atoms with van der Waals surface area (Å²) >= 11 is 3.79. The third-order valence-corrected chi connectivity index (χ3v) is 7.13. The van der Waals surface area contributed by atoms with Gasteiger partial charge in [0.1, 0.15) is 17.6 Å². The molecule has 1 aliphatic heterocycles. The Morgan fingerprint density at radius 2 is 1.83 bits per heavy atom. The number of fused-ring (bicyclic) bond motifs is 1. The summed E-state index contributed by atoms with van der Waals surface area (Å²) in [4.78, 5) is 14.6. The lowest BCUT2D eigenvalue weighted by molar-refractivity contribution is -0.143. The van der Waals surface area contributed by atoms with E-state index < -0.39 is 5.41 Å². The lowest BCUT2D eigenvalue weighted by Gasteiger charge is -2.23. The van der Waals surface area contributed by atoms with Crippen LogP contribution in [-0.2, 0) is 11.2 Å². The van der Waals surface area contributed by atoms with Gasteiger partial charge in [-0.3, -0.25) is 14.1 Å². The van der Waals surface area contributed by atoms with Gasteiger partial charge in [0, 0.05) is 24.1 Å². The fraction of sp³-hybridized carbons (Fsp3) is 0.464. The first kappa shape index (κ1) is 27.9. The van der Waals surface area contributed by atoms with Crippen molar-refractivity contribution in [1.29, 1.82) is 0 Å². The van der Waals surface area contributed by atoms with Crippen molar-refractivity contribution in [2.75, 3.05) is 26.3 Å². The topological polar surface area (TPSA) is 38.8 Å². The van der Waals surface area contributed by atoms with Crippen LogP contribution in [-0.4, -0.2) is 43.3 Å². The Morgan fingerprint density at radius 1 is 1.11 bits per heavy atom. The van der Waals surface area contributed by atoms with Gasteiger partial charge >= 0.3 is 5.97 Å². The maximum Gasteiger partial charge on any atom is 0.316 e. The Labute approximate surface area is 226 Å². The average molecular weight is 611 g/mol. The van der Waals surface area contributed by atoms with E-state index in [9.17, 15) is 9.18 Å². The van der Waals surface area contributed by atoms with E-state index in [1.807, 2.05) is 51.1 Å². The number of halogens is 3. The highest BCUT2D eigenvalue weighted by atomic mass is 79.9. The van der Waals surface area contributed by atoms with E-state index in [0.29, 0.717) is 12.2 Å². The normalized spacial score (nSPS) is 18.1. The Hall–Kier alpha value is -1.70. The number of rotatable bonds is 7. The smallest absolute Gasteiger partial charge is 0.316 e. The number of carbonyl (C=O) groups is 1. The largest absolute Gasteiger partial charge is 0.489 e. The molecule has 1 atom stereocenters. The summed E-state index contributed by atoms with van der Waals surface area (Å²) in [5, 5.41) is 0. The number of hydrogen-bond donors (Lipinski definition) is 0. The van der Waals surface area contributed by atoms with Crippen molar-refractivity contribution in [1.82, 2.24) is 4.90 Å². The maximum atomic E-state index is 12.4. The molecule has 190 valence electrons. The number of alkyl halides is 1. The van der Waals surface area contributed by atoms with Gasteiger partial charge in [-0.15, -0.1) is 17.0 Å². The summed E-state index contributed by atoms with van der Waals surface area (Å²) in [6.45, 7) is 7.92. The van der Waals surface area contributed by atoms with Crippen LogP contribution in [0.4, 0.5) is 4.39 Å². The van der Waals surface area contributed by atoms with Gasteiger partial charge in [-0.1, -0.05) is 34.1 Å². The van der Waals surface area contributed by atoms with Crippen LogP contribution in [0.2, 0.25) is 0 Å². The number of carbonyl (C=O) groups excluding carboxylic acids is 1. The Bertz CT molecular complexity index is 1060. The quantitative estimate of drug-likeness (QED) is 0.247. The Morgan fingerprint density at radius 3 is 2.51 bits per heavy atom. The molecule has 1 fully saturated rings. The van der Waals surface area contributed by atoms with Crippen LogP contribution in [0.5, 0.6) is 11.5 Å². The van der Waals surface area contributed by atoms with Gasteiger partial charge in [-0.05, 0) is 93.0 Å².